The normalized spacial score (nSPS) is 14.8. The summed E-state index contributed by atoms with van der Waals surface area (Å²) in [6, 6.07) is 0. The van der Waals surface area contributed by atoms with Gasteiger partial charge in [-0.3, -0.25) is 14.9 Å². The molecule has 1 amide bonds. The molecule has 2 atom stereocenters. The first kappa shape index (κ1) is 11.9. The van der Waals surface area contributed by atoms with Crippen molar-refractivity contribution in [3.05, 3.63) is 10.1 Å². The highest BCUT2D eigenvalue weighted by Crippen LogP contribution is 2.12. The predicted molar refractivity (Wildman–Crippen MR) is 48.9 cm³/mol. The van der Waals surface area contributed by atoms with Crippen LogP contribution in [0.15, 0.2) is 0 Å². The van der Waals surface area contributed by atoms with Crippen molar-refractivity contribution in [2.24, 2.45) is 11.8 Å². The highest BCUT2D eigenvalue weighted by atomic mass is 16.6. The van der Waals surface area contributed by atoms with E-state index in [2.05, 4.69) is 0 Å². The van der Waals surface area contributed by atoms with Crippen LogP contribution in [0, 0.1) is 22.0 Å². The summed E-state index contributed by atoms with van der Waals surface area (Å²) in [5.41, 5.74) is 0. The minimum absolute atomic E-state index is 0.0608. The quantitative estimate of drug-likeness (QED) is 0.480. The molecule has 0 aliphatic rings. The molecule has 0 heterocycles. The third-order valence-electron chi connectivity index (χ3n) is 2.12. The van der Waals surface area contributed by atoms with Crippen molar-refractivity contribution >= 4 is 5.91 Å². The molecule has 0 aromatic carbocycles. The van der Waals surface area contributed by atoms with Crippen molar-refractivity contribution in [1.29, 1.82) is 0 Å². The minimum Gasteiger partial charge on any atom is -0.349 e. The van der Waals surface area contributed by atoms with E-state index >= 15 is 0 Å². The van der Waals surface area contributed by atoms with Gasteiger partial charge in [0.25, 0.3) is 0 Å². The van der Waals surface area contributed by atoms with E-state index in [1.165, 1.54) is 4.90 Å². The maximum Gasteiger partial charge on any atom is 0.225 e. The van der Waals surface area contributed by atoms with Gasteiger partial charge in [-0.2, -0.15) is 0 Å². The van der Waals surface area contributed by atoms with Crippen molar-refractivity contribution in [1.82, 2.24) is 4.90 Å². The summed E-state index contributed by atoms with van der Waals surface area (Å²) in [5, 5.41) is 10.2. The van der Waals surface area contributed by atoms with Gasteiger partial charge in [-0.15, -0.1) is 0 Å². The zero-order valence-electron chi connectivity index (χ0n) is 8.48. The Bertz CT molecular complexity index is 204. The van der Waals surface area contributed by atoms with Crippen LogP contribution in [0.3, 0.4) is 0 Å². The number of amides is 1. The zero-order valence-corrected chi connectivity index (χ0v) is 8.48. The highest BCUT2D eigenvalue weighted by Gasteiger charge is 2.24. The van der Waals surface area contributed by atoms with Crippen LogP contribution >= 0.6 is 0 Å². The summed E-state index contributed by atoms with van der Waals surface area (Å²) in [5.74, 6) is -0.570. The van der Waals surface area contributed by atoms with E-state index in [0.29, 0.717) is 0 Å². The number of carbonyl (C=O) groups is 1. The largest absolute Gasteiger partial charge is 0.349 e. The third-order valence-corrected chi connectivity index (χ3v) is 2.12. The molecule has 76 valence electrons. The van der Waals surface area contributed by atoms with Gasteiger partial charge in [-0.1, -0.05) is 13.8 Å². The standard InChI is InChI=1S/C8H16N2O3/c1-6(5-10(12)13)7(2)8(11)9(3)4/h6-7H,5H2,1-4H3. The average molecular weight is 188 g/mol. The average Bonchev–Trinajstić information content (AvgIpc) is 2.00. The molecule has 5 heteroatoms. The Balaban J connectivity index is 4.17. The number of hydrogen-bond donors (Lipinski definition) is 0. The second-order valence-electron chi connectivity index (χ2n) is 3.51. The number of nitrogens with zero attached hydrogens (tertiary/aromatic N) is 2. The summed E-state index contributed by atoms with van der Waals surface area (Å²) in [4.78, 5) is 22.6. The molecular formula is C8H16N2O3. The van der Waals surface area contributed by atoms with Crippen molar-refractivity contribution in [2.75, 3.05) is 20.6 Å². The van der Waals surface area contributed by atoms with Gasteiger partial charge in [0.1, 0.15) is 0 Å². The van der Waals surface area contributed by atoms with Gasteiger partial charge in [0.15, 0.2) is 0 Å². The van der Waals surface area contributed by atoms with Crippen molar-refractivity contribution in [3.63, 3.8) is 0 Å². The van der Waals surface area contributed by atoms with E-state index in [1.807, 2.05) is 0 Å². The van der Waals surface area contributed by atoms with Crippen LogP contribution in [-0.2, 0) is 4.79 Å². The Kier molecular flexibility index (Phi) is 4.37. The van der Waals surface area contributed by atoms with Crippen LogP contribution in [-0.4, -0.2) is 36.4 Å². The summed E-state index contributed by atoms with van der Waals surface area (Å²) in [6.45, 7) is 3.28. The molecule has 0 radical (unpaired) electrons. The van der Waals surface area contributed by atoms with E-state index in [1.54, 1.807) is 27.9 Å². The summed E-state index contributed by atoms with van der Waals surface area (Å²) >= 11 is 0. The Morgan fingerprint density at radius 1 is 1.46 bits per heavy atom. The van der Waals surface area contributed by atoms with Crippen LogP contribution in [0.4, 0.5) is 0 Å². The maximum absolute atomic E-state index is 11.4. The van der Waals surface area contributed by atoms with Crippen molar-refractivity contribution in [2.45, 2.75) is 13.8 Å². The molecule has 0 fully saturated rings. The fourth-order valence-electron chi connectivity index (χ4n) is 1.04. The molecule has 0 spiro atoms. The minimum atomic E-state index is -0.385. The van der Waals surface area contributed by atoms with E-state index in [-0.39, 0.29) is 29.2 Å². The van der Waals surface area contributed by atoms with Gasteiger partial charge in [-0.05, 0) is 0 Å². The van der Waals surface area contributed by atoms with Crippen LogP contribution in [0.25, 0.3) is 0 Å². The molecule has 0 N–H and O–H groups in total. The summed E-state index contributed by atoms with van der Waals surface area (Å²) in [7, 11) is 3.30. The molecule has 5 nitrogen and oxygen atoms in total. The van der Waals surface area contributed by atoms with Crippen molar-refractivity contribution < 1.29 is 9.72 Å². The van der Waals surface area contributed by atoms with E-state index in [0.717, 1.165) is 0 Å². The first-order chi connectivity index (χ1) is 5.86. The molecule has 2 unspecified atom stereocenters. The Hall–Kier alpha value is -1.13. The molecule has 0 saturated carbocycles. The van der Waals surface area contributed by atoms with Gasteiger partial charge < -0.3 is 4.90 Å². The molecule has 13 heavy (non-hydrogen) atoms. The van der Waals surface area contributed by atoms with E-state index in [9.17, 15) is 14.9 Å². The Labute approximate surface area is 77.9 Å². The number of hydrogen-bond acceptors (Lipinski definition) is 3. The molecule has 0 aromatic heterocycles. The maximum atomic E-state index is 11.4. The highest BCUT2D eigenvalue weighted by molar-refractivity contribution is 5.78. The predicted octanol–water partition coefficient (Wildman–Crippen LogP) is 0.623. The number of nitro groups is 1. The first-order valence-electron chi connectivity index (χ1n) is 4.19. The van der Waals surface area contributed by atoms with Crippen LogP contribution in [0.5, 0.6) is 0 Å². The van der Waals surface area contributed by atoms with Crippen LogP contribution < -0.4 is 0 Å². The third kappa shape index (κ3) is 3.87. The fraction of sp³-hybridized carbons (Fsp3) is 0.875. The second-order valence-corrected chi connectivity index (χ2v) is 3.51. The van der Waals surface area contributed by atoms with Gasteiger partial charge in [0, 0.05) is 30.9 Å². The van der Waals surface area contributed by atoms with E-state index in [4.69, 9.17) is 0 Å². The SMILES string of the molecule is CC(C[N+](=O)[O-])C(C)C(=O)N(C)C. The molecule has 0 saturated heterocycles. The van der Waals surface area contributed by atoms with Crippen molar-refractivity contribution in [3.8, 4) is 0 Å². The van der Waals surface area contributed by atoms with Gasteiger partial charge >= 0.3 is 0 Å². The number of rotatable bonds is 4. The topological polar surface area (TPSA) is 63.5 Å². The van der Waals surface area contributed by atoms with Gasteiger partial charge in [-0.25, -0.2) is 0 Å². The monoisotopic (exact) mass is 188 g/mol. The summed E-state index contributed by atoms with van der Waals surface area (Å²) in [6.07, 6.45) is 0. The lowest BCUT2D eigenvalue weighted by Crippen LogP contribution is -2.33. The molecule has 0 bridgehead atoms. The first-order valence-corrected chi connectivity index (χ1v) is 4.19. The zero-order chi connectivity index (χ0) is 10.6. The van der Waals surface area contributed by atoms with Gasteiger partial charge in [0.2, 0.25) is 12.5 Å². The Morgan fingerprint density at radius 3 is 2.23 bits per heavy atom. The molecule has 0 aromatic rings. The smallest absolute Gasteiger partial charge is 0.225 e. The number of carbonyl (C=O) groups excluding carboxylic acids is 1. The lowest BCUT2D eigenvalue weighted by Gasteiger charge is -2.19. The Morgan fingerprint density at radius 2 is 1.92 bits per heavy atom. The van der Waals surface area contributed by atoms with E-state index < -0.39 is 0 Å². The van der Waals surface area contributed by atoms with Crippen LogP contribution in [0.2, 0.25) is 0 Å². The van der Waals surface area contributed by atoms with Crippen LogP contribution in [0.1, 0.15) is 13.8 Å². The molecule has 0 aliphatic heterocycles. The van der Waals surface area contributed by atoms with Gasteiger partial charge in [0.05, 0.1) is 0 Å². The molecule has 0 rings (SSSR count). The molecule has 0 aliphatic carbocycles. The lowest BCUT2D eigenvalue weighted by molar-refractivity contribution is -0.488. The lowest BCUT2D eigenvalue weighted by atomic mass is 9.95. The summed E-state index contributed by atoms with van der Waals surface area (Å²) < 4.78 is 0. The fourth-order valence-corrected chi connectivity index (χ4v) is 1.04. The molecular weight excluding hydrogens is 172 g/mol. The second kappa shape index (κ2) is 4.79.